The number of carbonyl (C=O) groups is 1. The highest BCUT2D eigenvalue weighted by molar-refractivity contribution is 7.80. The van der Waals surface area contributed by atoms with E-state index in [0.29, 0.717) is 11.5 Å². The van der Waals surface area contributed by atoms with Crippen LogP contribution in [0.1, 0.15) is 13.8 Å². The van der Waals surface area contributed by atoms with Crippen LogP contribution in [0.3, 0.4) is 0 Å². The molecule has 3 nitrogen and oxygen atoms in total. The molecule has 0 aromatic rings. The van der Waals surface area contributed by atoms with Crippen molar-refractivity contribution in [3.05, 3.63) is 0 Å². The SMILES string of the molecule is CC(C)N(C=O)CC(N)=S. The molecule has 0 unspecified atom stereocenters. The Labute approximate surface area is 66.2 Å². The summed E-state index contributed by atoms with van der Waals surface area (Å²) in [5.74, 6) is 0. The zero-order valence-corrected chi connectivity index (χ0v) is 7.02. The maximum absolute atomic E-state index is 10.3. The Balaban J connectivity index is 3.83. The molecular formula is C6H12N2OS. The third-order valence-electron chi connectivity index (χ3n) is 1.14. The first-order chi connectivity index (χ1) is 4.57. The molecule has 0 saturated carbocycles. The highest BCUT2D eigenvalue weighted by Gasteiger charge is 2.05. The van der Waals surface area contributed by atoms with E-state index in [1.165, 1.54) is 0 Å². The van der Waals surface area contributed by atoms with Gasteiger partial charge in [-0.15, -0.1) is 0 Å². The molecule has 0 rings (SSSR count). The van der Waals surface area contributed by atoms with Crippen LogP contribution in [0.15, 0.2) is 0 Å². The van der Waals surface area contributed by atoms with Gasteiger partial charge in [-0.1, -0.05) is 12.2 Å². The molecule has 0 aromatic heterocycles. The second kappa shape index (κ2) is 4.22. The highest BCUT2D eigenvalue weighted by Crippen LogP contribution is 1.92. The van der Waals surface area contributed by atoms with Crippen LogP contribution >= 0.6 is 12.2 Å². The molecular weight excluding hydrogens is 148 g/mol. The van der Waals surface area contributed by atoms with E-state index in [9.17, 15) is 4.79 Å². The zero-order valence-electron chi connectivity index (χ0n) is 6.20. The average Bonchev–Trinajstić information content (AvgIpc) is 1.81. The largest absolute Gasteiger partial charge is 0.392 e. The molecule has 0 bridgehead atoms. The molecule has 58 valence electrons. The van der Waals surface area contributed by atoms with Crippen LogP contribution in [-0.4, -0.2) is 28.9 Å². The molecule has 2 N–H and O–H groups in total. The van der Waals surface area contributed by atoms with E-state index < -0.39 is 0 Å². The molecule has 0 aromatic carbocycles. The van der Waals surface area contributed by atoms with E-state index >= 15 is 0 Å². The van der Waals surface area contributed by atoms with Crippen LogP contribution in [0, 0.1) is 0 Å². The number of thiocarbonyl (C=S) groups is 1. The average molecular weight is 160 g/mol. The molecule has 0 aliphatic heterocycles. The van der Waals surface area contributed by atoms with Gasteiger partial charge in [0.05, 0.1) is 11.5 Å². The summed E-state index contributed by atoms with van der Waals surface area (Å²) in [7, 11) is 0. The second-order valence-electron chi connectivity index (χ2n) is 2.34. The Morgan fingerprint density at radius 2 is 2.30 bits per heavy atom. The van der Waals surface area contributed by atoms with E-state index in [4.69, 9.17) is 5.73 Å². The Hall–Kier alpha value is -0.640. The molecule has 1 amide bonds. The number of hydrogen-bond acceptors (Lipinski definition) is 2. The lowest BCUT2D eigenvalue weighted by atomic mass is 10.3. The standard InChI is InChI=1S/C6H12N2OS/c1-5(2)8(4-9)3-6(7)10/h4-5H,3H2,1-2H3,(H2,7,10). The maximum Gasteiger partial charge on any atom is 0.210 e. The lowest BCUT2D eigenvalue weighted by molar-refractivity contribution is -0.118. The topological polar surface area (TPSA) is 46.3 Å². The van der Waals surface area contributed by atoms with Crippen molar-refractivity contribution < 1.29 is 4.79 Å². The van der Waals surface area contributed by atoms with Crippen LogP contribution in [0.4, 0.5) is 0 Å². The van der Waals surface area contributed by atoms with Gasteiger partial charge in [-0.3, -0.25) is 4.79 Å². The van der Waals surface area contributed by atoms with Gasteiger partial charge in [0.1, 0.15) is 0 Å². The first-order valence-electron chi connectivity index (χ1n) is 3.07. The van der Waals surface area contributed by atoms with Gasteiger partial charge >= 0.3 is 0 Å². The summed E-state index contributed by atoms with van der Waals surface area (Å²) in [5, 5.41) is 0. The molecule has 0 saturated heterocycles. The van der Waals surface area contributed by atoms with Gasteiger partial charge in [-0.05, 0) is 13.8 Å². The van der Waals surface area contributed by atoms with Gasteiger partial charge in [0.25, 0.3) is 0 Å². The van der Waals surface area contributed by atoms with Crippen LogP contribution in [0.5, 0.6) is 0 Å². The Kier molecular flexibility index (Phi) is 3.95. The van der Waals surface area contributed by atoms with Crippen LogP contribution in [0.2, 0.25) is 0 Å². The number of nitrogens with zero attached hydrogens (tertiary/aromatic N) is 1. The summed E-state index contributed by atoms with van der Waals surface area (Å²) in [5.41, 5.74) is 5.24. The molecule has 0 radical (unpaired) electrons. The molecule has 0 heterocycles. The van der Waals surface area contributed by atoms with E-state index in [2.05, 4.69) is 12.2 Å². The Morgan fingerprint density at radius 3 is 2.40 bits per heavy atom. The quantitative estimate of drug-likeness (QED) is 0.470. The number of hydrogen-bond donors (Lipinski definition) is 1. The van der Waals surface area contributed by atoms with Gasteiger partial charge in [0.15, 0.2) is 0 Å². The van der Waals surface area contributed by atoms with Crippen LogP contribution < -0.4 is 5.73 Å². The molecule has 0 aliphatic carbocycles. The number of carbonyl (C=O) groups excluding carboxylic acids is 1. The molecule has 0 atom stereocenters. The summed E-state index contributed by atoms with van der Waals surface area (Å²) in [6, 6.07) is 0.166. The second-order valence-corrected chi connectivity index (χ2v) is 2.86. The molecule has 0 spiro atoms. The first-order valence-corrected chi connectivity index (χ1v) is 3.48. The van der Waals surface area contributed by atoms with Crippen molar-refractivity contribution in [2.75, 3.05) is 6.54 Å². The fraction of sp³-hybridized carbons (Fsp3) is 0.667. The van der Waals surface area contributed by atoms with Crippen molar-refractivity contribution in [3.63, 3.8) is 0 Å². The minimum atomic E-state index is 0.166. The van der Waals surface area contributed by atoms with Gasteiger partial charge in [-0.2, -0.15) is 0 Å². The van der Waals surface area contributed by atoms with Crippen molar-refractivity contribution in [1.29, 1.82) is 0 Å². The van der Waals surface area contributed by atoms with Gasteiger partial charge in [0, 0.05) is 6.04 Å². The maximum atomic E-state index is 10.3. The van der Waals surface area contributed by atoms with Crippen molar-refractivity contribution in [2.24, 2.45) is 5.73 Å². The fourth-order valence-corrected chi connectivity index (χ4v) is 0.671. The predicted octanol–water partition coefficient (Wildman–Crippen LogP) is 0.139. The van der Waals surface area contributed by atoms with Gasteiger partial charge in [0.2, 0.25) is 6.41 Å². The zero-order chi connectivity index (χ0) is 8.15. The summed E-state index contributed by atoms with van der Waals surface area (Å²) in [4.78, 5) is 12.2. The molecule has 0 fully saturated rings. The van der Waals surface area contributed by atoms with E-state index in [1.54, 1.807) is 4.90 Å². The van der Waals surface area contributed by atoms with Crippen molar-refractivity contribution in [3.8, 4) is 0 Å². The van der Waals surface area contributed by atoms with Crippen LogP contribution in [-0.2, 0) is 4.79 Å². The molecule has 10 heavy (non-hydrogen) atoms. The molecule has 0 aliphatic rings. The highest BCUT2D eigenvalue weighted by atomic mass is 32.1. The monoisotopic (exact) mass is 160 g/mol. The third kappa shape index (κ3) is 3.40. The summed E-state index contributed by atoms with van der Waals surface area (Å²) >= 11 is 4.63. The number of nitrogens with two attached hydrogens (primary N) is 1. The number of amides is 1. The molecule has 4 heteroatoms. The fourth-order valence-electron chi connectivity index (χ4n) is 0.522. The van der Waals surface area contributed by atoms with Crippen molar-refractivity contribution >= 4 is 23.6 Å². The lowest BCUT2D eigenvalue weighted by Crippen LogP contribution is -2.36. The Bertz CT molecular complexity index is 136. The van der Waals surface area contributed by atoms with Gasteiger partial charge in [-0.25, -0.2) is 0 Å². The van der Waals surface area contributed by atoms with E-state index in [-0.39, 0.29) is 6.04 Å². The third-order valence-corrected chi connectivity index (χ3v) is 1.27. The number of rotatable bonds is 4. The van der Waals surface area contributed by atoms with Crippen LogP contribution in [0.25, 0.3) is 0 Å². The summed E-state index contributed by atoms with van der Waals surface area (Å²) in [6.07, 6.45) is 0.754. The minimum Gasteiger partial charge on any atom is -0.392 e. The normalized spacial score (nSPS) is 9.50. The Morgan fingerprint density at radius 1 is 1.80 bits per heavy atom. The van der Waals surface area contributed by atoms with Crippen molar-refractivity contribution in [2.45, 2.75) is 19.9 Å². The minimum absolute atomic E-state index is 0.166. The predicted molar refractivity (Wildman–Crippen MR) is 44.7 cm³/mol. The van der Waals surface area contributed by atoms with E-state index in [1.807, 2.05) is 13.8 Å². The smallest absolute Gasteiger partial charge is 0.210 e. The first kappa shape index (κ1) is 9.36. The van der Waals surface area contributed by atoms with Gasteiger partial charge < -0.3 is 10.6 Å². The van der Waals surface area contributed by atoms with Crippen molar-refractivity contribution in [1.82, 2.24) is 4.90 Å². The van der Waals surface area contributed by atoms with E-state index in [0.717, 1.165) is 6.41 Å². The summed E-state index contributed by atoms with van der Waals surface area (Å²) < 4.78 is 0. The summed E-state index contributed by atoms with van der Waals surface area (Å²) in [6.45, 7) is 4.19. The lowest BCUT2D eigenvalue weighted by Gasteiger charge is -2.20.